The molecule has 2 N–H and O–H groups in total. The van der Waals surface area contributed by atoms with Gasteiger partial charge in [-0.25, -0.2) is 0 Å². The number of methoxy groups -OCH3 is 1. The number of rotatable bonds is 7. The fourth-order valence-corrected chi connectivity index (χ4v) is 3.90. The number of aromatic amines is 1. The van der Waals surface area contributed by atoms with Gasteiger partial charge in [-0.15, -0.1) is 0 Å². The van der Waals surface area contributed by atoms with Gasteiger partial charge < -0.3 is 15.0 Å². The number of H-pyrrole nitrogens is 1. The number of amides is 1. The third-order valence-electron chi connectivity index (χ3n) is 5.53. The van der Waals surface area contributed by atoms with Crippen LogP contribution < -0.4 is 10.1 Å². The molecule has 6 heteroatoms. The minimum absolute atomic E-state index is 0.0191. The highest BCUT2D eigenvalue weighted by Crippen LogP contribution is 2.27. The van der Waals surface area contributed by atoms with Crippen molar-refractivity contribution < 1.29 is 9.53 Å². The number of carbonyl (C=O) groups is 1. The van der Waals surface area contributed by atoms with E-state index in [1.807, 2.05) is 30.3 Å². The first-order valence-electron chi connectivity index (χ1n) is 10.4. The van der Waals surface area contributed by atoms with Gasteiger partial charge in [0.2, 0.25) is 5.91 Å². The van der Waals surface area contributed by atoms with E-state index in [9.17, 15) is 4.79 Å². The van der Waals surface area contributed by atoms with Crippen molar-refractivity contribution in [3.8, 4) is 17.0 Å². The summed E-state index contributed by atoms with van der Waals surface area (Å²) in [5.41, 5.74) is 1.91. The molecule has 0 atom stereocenters. The highest BCUT2D eigenvalue weighted by atomic mass is 16.5. The smallest absolute Gasteiger partial charge is 0.225 e. The van der Waals surface area contributed by atoms with Crippen LogP contribution in [0.3, 0.4) is 0 Å². The van der Waals surface area contributed by atoms with Crippen molar-refractivity contribution in [2.75, 3.05) is 32.1 Å². The summed E-state index contributed by atoms with van der Waals surface area (Å²) >= 11 is 0. The van der Waals surface area contributed by atoms with Crippen LogP contribution >= 0.6 is 0 Å². The zero-order chi connectivity index (χ0) is 20.1. The van der Waals surface area contributed by atoms with E-state index in [0.29, 0.717) is 12.2 Å². The highest BCUT2D eigenvalue weighted by molar-refractivity contribution is 5.91. The quantitative estimate of drug-likeness (QED) is 0.623. The predicted octanol–water partition coefficient (Wildman–Crippen LogP) is 4.44. The Labute approximate surface area is 171 Å². The van der Waals surface area contributed by atoms with E-state index in [2.05, 4.69) is 32.5 Å². The van der Waals surface area contributed by atoms with E-state index in [1.165, 1.54) is 32.4 Å². The SMILES string of the molecule is COc1ccc2cc(-c3cc(NC(=O)CCCN4CCCCC4)n[nH]3)ccc2c1. The number of nitrogens with zero attached hydrogens (tertiary/aromatic N) is 2. The fourth-order valence-electron chi connectivity index (χ4n) is 3.90. The summed E-state index contributed by atoms with van der Waals surface area (Å²) in [6, 6.07) is 14.1. The molecule has 1 amide bonds. The average Bonchev–Trinajstić information content (AvgIpc) is 3.22. The summed E-state index contributed by atoms with van der Waals surface area (Å²) in [6.07, 6.45) is 5.31. The summed E-state index contributed by atoms with van der Waals surface area (Å²) in [4.78, 5) is 14.7. The normalized spacial score (nSPS) is 14.8. The Kier molecular flexibility index (Phi) is 6.10. The number of hydrogen-bond acceptors (Lipinski definition) is 4. The molecule has 152 valence electrons. The zero-order valence-electron chi connectivity index (χ0n) is 16.9. The van der Waals surface area contributed by atoms with Crippen molar-refractivity contribution in [2.45, 2.75) is 32.1 Å². The van der Waals surface area contributed by atoms with Crippen LogP contribution in [0.5, 0.6) is 5.75 Å². The second-order valence-corrected chi connectivity index (χ2v) is 7.65. The molecule has 1 saturated heterocycles. The van der Waals surface area contributed by atoms with Gasteiger partial charge in [0.05, 0.1) is 12.8 Å². The molecule has 0 radical (unpaired) electrons. The number of fused-ring (bicyclic) bond motifs is 1. The van der Waals surface area contributed by atoms with Gasteiger partial charge in [-0.3, -0.25) is 9.89 Å². The van der Waals surface area contributed by atoms with Crippen LogP contribution in [-0.2, 0) is 4.79 Å². The first-order chi connectivity index (χ1) is 14.2. The van der Waals surface area contributed by atoms with Crippen molar-refractivity contribution >= 4 is 22.5 Å². The molecule has 3 aromatic rings. The lowest BCUT2D eigenvalue weighted by Crippen LogP contribution is -2.31. The molecule has 0 spiro atoms. The van der Waals surface area contributed by atoms with Gasteiger partial charge in [0.1, 0.15) is 5.75 Å². The van der Waals surface area contributed by atoms with Gasteiger partial charge in [-0.05, 0) is 67.9 Å². The lowest BCUT2D eigenvalue weighted by Gasteiger charge is -2.26. The number of benzene rings is 2. The highest BCUT2D eigenvalue weighted by Gasteiger charge is 2.12. The van der Waals surface area contributed by atoms with Crippen LogP contribution in [0.2, 0.25) is 0 Å². The lowest BCUT2D eigenvalue weighted by molar-refractivity contribution is -0.116. The Morgan fingerprint density at radius 3 is 2.72 bits per heavy atom. The maximum Gasteiger partial charge on any atom is 0.225 e. The van der Waals surface area contributed by atoms with Crippen molar-refractivity contribution in [1.82, 2.24) is 15.1 Å². The third kappa shape index (κ3) is 4.95. The van der Waals surface area contributed by atoms with Gasteiger partial charge in [-0.2, -0.15) is 5.10 Å². The molecule has 0 aliphatic carbocycles. The molecule has 29 heavy (non-hydrogen) atoms. The minimum atomic E-state index is 0.0191. The molecule has 4 rings (SSSR count). The standard InChI is InChI=1S/C23H28N4O2/c1-29-20-10-9-17-14-19(8-7-18(17)15-20)21-16-22(26-25-21)24-23(28)6-5-13-27-11-3-2-4-12-27/h7-10,14-16H,2-6,11-13H2,1H3,(H2,24,25,26,28). The molecule has 0 bridgehead atoms. The van der Waals surface area contributed by atoms with Gasteiger partial charge in [0.15, 0.2) is 5.82 Å². The topological polar surface area (TPSA) is 70.2 Å². The molecule has 2 aromatic carbocycles. The fraction of sp³-hybridized carbons (Fsp3) is 0.391. The average molecular weight is 393 g/mol. The maximum absolute atomic E-state index is 12.2. The van der Waals surface area contributed by atoms with Gasteiger partial charge >= 0.3 is 0 Å². The van der Waals surface area contributed by atoms with Crippen LogP contribution in [-0.4, -0.2) is 47.7 Å². The summed E-state index contributed by atoms with van der Waals surface area (Å²) in [6.45, 7) is 3.34. The number of carbonyl (C=O) groups excluding carboxylic acids is 1. The van der Waals surface area contributed by atoms with Crippen LogP contribution in [0, 0.1) is 0 Å². The molecule has 1 aliphatic heterocycles. The van der Waals surface area contributed by atoms with E-state index in [1.54, 1.807) is 7.11 Å². The molecule has 1 fully saturated rings. The molecule has 0 unspecified atom stereocenters. The summed E-state index contributed by atoms with van der Waals surface area (Å²) < 4.78 is 5.28. The lowest BCUT2D eigenvalue weighted by atomic mass is 10.0. The maximum atomic E-state index is 12.2. The number of nitrogens with one attached hydrogen (secondary N) is 2. The Bertz CT molecular complexity index is 976. The monoisotopic (exact) mass is 392 g/mol. The first kappa shape index (κ1) is 19.5. The van der Waals surface area contributed by atoms with E-state index in [0.717, 1.165) is 40.7 Å². The van der Waals surface area contributed by atoms with Crippen LogP contribution in [0.25, 0.3) is 22.0 Å². The second kappa shape index (κ2) is 9.09. The van der Waals surface area contributed by atoms with Crippen molar-refractivity contribution in [2.24, 2.45) is 0 Å². The van der Waals surface area contributed by atoms with Crippen LogP contribution in [0.1, 0.15) is 32.1 Å². The van der Waals surface area contributed by atoms with E-state index in [4.69, 9.17) is 4.74 Å². The van der Waals surface area contributed by atoms with E-state index in [-0.39, 0.29) is 5.91 Å². The molecular formula is C23H28N4O2. The molecule has 1 aromatic heterocycles. The number of anilines is 1. The number of hydrogen-bond donors (Lipinski definition) is 2. The molecule has 1 aliphatic rings. The summed E-state index contributed by atoms with van der Waals surface area (Å²) in [5, 5.41) is 12.4. The second-order valence-electron chi connectivity index (χ2n) is 7.65. The molecule has 0 saturated carbocycles. The number of piperidine rings is 1. The van der Waals surface area contributed by atoms with E-state index < -0.39 is 0 Å². The Morgan fingerprint density at radius 2 is 1.90 bits per heavy atom. The Balaban J connectivity index is 1.34. The third-order valence-corrected chi connectivity index (χ3v) is 5.53. The first-order valence-corrected chi connectivity index (χ1v) is 10.4. The van der Waals surface area contributed by atoms with Crippen molar-refractivity contribution in [1.29, 1.82) is 0 Å². The molecular weight excluding hydrogens is 364 g/mol. The van der Waals surface area contributed by atoms with Crippen LogP contribution in [0.4, 0.5) is 5.82 Å². The minimum Gasteiger partial charge on any atom is -0.497 e. The Morgan fingerprint density at radius 1 is 1.10 bits per heavy atom. The van der Waals surface area contributed by atoms with E-state index >= 15 is 0 Å². The summed E-state index contributed by atoms with van der Waals surface area (Å²) in [7, 11) is 1.67. The number of aromatic nitrogens is 2. The predicted molar refractivity (Wildman–Crippen MR) is 116 cm³/mol. The van der Waals surface area contributed by atoms with Crippen molar-refractivity contribution in [3.63, 3.8) is 0 Å². The Hall–Kier alpha value is -2.86. The van der Waals surface area contributed by atoms with Gasteiger partial charge in [-0.1, -0.05) is 24.6 Å². The van der Waals surface area contributed by atoms with Crippen molar-refractivity contribution in [3.05, 3.63) is 42.5 Å². The largest absolute Gasteiger partial charge is 0.497 e. The van der Waals surface area contributed by atoms with Gasteiger partial charge in [0, 0.05) is 18.1 Å². The summed E-state index contributed by atoms with van der Waals surface area (Å²) in [5.74, 6) is 1.43. The number of ether oxygens (including phenoxy) is 1. The van der Waals surface area contributed by atoms with Crippen LogP contribution in [0.15, 0.2) is 42.5 Å². The zero-order valence-corrected chi connectivity index (χ0v) is 16.9. The van der Waals surface area contributed by atoms with Gasteiger partial charge in [0.25, 0.3) is 0 Å². The molecule has 6 nitrogen and oxygen atoms in total. The number of likely N-dealkylation sites (tertiary alicyclic amines) is 1. The molecule has 2 heterocycles.